The van der Waals surface area contributed by atoms with Crippen molar-refractivity contribution >= 4 is 34.8 Å². The van der Waals surface area contributed by atoms with E-state index in [9.17, 15) is 0 Å². The van der Waals surface area contributed by atoms with Crippen LogP contribution in [0.3, 0.4) is 0 Å². The Labute approximate surface area is 170 Å². The van der Waals surface area contributed by atoms with Gasteiger partial charge in [0.15, 0.2) is 5.82 Å². The monoisotopic (exact) mass is 400 g/mol. The predicted molar refractivity (Wildman–Crippen MR) is 115 cm³/mol. The van der Waals surface area contributed by atoms with Crippen molar-refractivity contribution in [2.45, 2.75) is 13.0 Å². The lowest BCUT2D eigenvalue weighted by Gasteiger charge is -2.29. The van der Waals surface area contributed by atoms with Crippen LogP contribution >= 0.6 is 12.4 Å². The highest BCUT2D eigenvalue weighted by Gasteiger charge is 2.15. The van der Waals surface area contributed by atoms with Crippen LogP contribution in [-0.2, 0) is 0 Å². The Balaban J connectivity index is 0.00000225. The Morgan fingerprint density at radius 2 is 1.93 bits per heavy atom. The fraction of sp³-hybridized carbons (Fsp3) is 0.350. The van der Waals surface area contributed by atoms with Crippen molar-refractivity contribution in [2.24, 2.45) is 0 Å². The molecule has 0 unspecified atom stereocenters. The number of nitrogens with zero attached hydrogens (tertiary/aromatic N) is 4. The van der Waals surface area contributed by atoms with E-state index in [1.54, 1.807) is 7.11 Å². The first-order valence-electron chi connectivity index (χ1n) is 9.24. The van der Waals surface area contributed by atoms with Crippen molar-refractivity contribution in [3.8, 4) is 5.75 Å². The van der Waals surface area contributed by atoms with E-state index in [1.807, 2.05) is 24.3 Å². The molecule has 3 aromatic rings. The highest BCUT2D eigenvalue weighted by atomic mass is 35.5. The molecule has 1 saturated heterocycles. The van der Waals surface area contributed by atoms with Gasteiger partial charge < -0.3 is 20.3 Å². The second kappa shape index (κ2) is 9.03. The summed E-state index contributed by atoms with van der Waals surface area (Å²) in [4.78, 5) is 2.38. The number of hydrogen-bond acceptors (Lipinski definition) is 7. The van der Waals surface area contributed by atoms with Gasteiger partial charge in [0.1, 0.15) is 5.75 Å². The lowest BCUT2D eigenvalue weighted by atomic mass is 10.1. The second-order valence-corrected chi connectivity index (χ2v) is 6.72. The Hall–Kier alpha value is -2.64. The van der Waals surface area contributed by atoms with E-state index in [4.69, 9.17) is 4.74 Å². The molecule has 28 heavy (non-hydrogen) atoms. The van der Waals surface area contributed by atoms with Gasteiger partial charge >= 0.3 is 0 Å². The van der Waals surface area contributed by atoms with Gasteiger partial charge in [0.25, 0.3) is 0 Å². The van der Waals surface area contributed by atoms with E-state index in [1.165, 1.54) is 5.69 Å². The highest BCUT2D eigenvalue weighted by Crippen LogP contribution is 2.28. The van der Waals surface area contributed by atoms with Gasteiger partial charge in [0.05, 0.1) is 18.7 Å². The number of fused-ring (bicyclic) bond motifs is 1. The molecule has 0 amide bonds. The molecule has 0 bridgehead atoms. The van der Waals surface area contributed by atoms with Gasteiger partial charge in [-0.05, 0) is 48.0 Å². The fourth-order valence-corrected chi connectivity index (χ4v) is 3.40. The largest absolute Gasteiger partial charge is 0.497 e. The van der Waals surface area contributed by atoms with Gasteiger partial charge in [0, 0.05) is 37.3 Å². The minimum atomic E-state index is 0. The minimum Gasteiger partial charge on any atom is -0.497 e. The molecule has 8 heteroatoms. The highest BCUT2D eigenvalue weighted by molar-refractivity contribution is 5.91. The van der Waals surface area contributed by atoms with E-state index < -0.39 is 0 Å². The molecule has 1 aliphatic rings. The number of piperazine rings is 1. The number of methoxy groups -OCH3 is 1. The third-order valence-corrected chi connectivity index (χ3v) is 4.96. The minimum absolute atomic E-state index is 0. The predicted octanol–water partition coefficient (Wildman–Crippen LogP) is 3.04. The number of anilines is 2. The molecule has 0 spiro atoms. The van der Waals surface area contributed by atoms with E-state index in [0.29, 0.717) is 0 Å². The molecule has 1 aliphatic heterocycles. The fourth-order valence-electron chi connectivity index (χ4n) is 3.40. The third kappa shape index (κ3) is 4.26. The van der Waals surface area contributed by atoms with E-state index in [-0.39, 0.29) is 18.4 Å². The zero-order valence-corrected chi connectivity index (χ0v) is 16.9. The third-order valence-electron chi connectivity index (χ3n) is 4.96. The molecule has 0 saturated carbocycles. The van der Waals surface area contributed by atoms with E-state index in [2.05, 4.69) is 56.1 Å². The molecule has 2 N–H and O–H groups in total. The van der Waals surface area contributed by atoms with Crippen LogP contribution in [0, 0.1) is 0 Å². The van der Waals surface area contributed by atoms with Crippen molar-refractivity contribution in [3.05, 3.63) is 48.0 Å². The molecular weight excluding hydrogens is 376 g/mol. The van der Waals surface area contributed by atoms with Gasteiger partial charge in [-0.1, -0.05) is 12.1 Å². The SMILES string of the molecule is COc1cccc([C@@H](C)Nc2nnnc3ccc(N4CCNCC4)cc23)c1.Cl. The molecular formula is C20H25ClN6O. The van der Waals surface area contributed by atoms with Crippen LogP contribution < -0.4 is 20.3 Å². The first-order chi connectivity index (χ1) is 13.2. The topological polar surface area (TPSA) is 75.2 Å². The van der Waals surface area contributed by atoms with Gasteiger partial charge in [0.2, 0.25) is 0 Å². The molecule has 1 aromatic heterocycles. The molecule has 7 nitrogen and oxygen atoms in total. The Kier molecular flexibility index (Phi) is 6.49. The molecule has 0 aliphatic carbocycles. The van der Waals surface area contributed by atoms with Crippen LogP contribution in [0.25, 0.3) is 10.9 Å². The normalized spacial score (nSPS) is 15.0. The molecule has 0 radical (unpaired) electrons. The number of ether oxygens (including phenoxy) is 1. The summed E-state index contributed by atoms with van der Waals surface area (Å²) in [5.41, 5.74) is 3.15. The van der Waals surface area contributed by atoms with Crippen LogP contribution in [0.4, 0.5) is 11.5 Å². The quantitative estimate of drug-likeness (QED) is 0.681. The first-order valence-corrected chi connectivity index (χ1v) is 9.24. The van der Waals surface area contributed by atoms with Gasteiger partial charge in [-0.3, -0.25) is 0 Å². The summed E-state index contributed by atoms with van der Waals surface area (Å²) >= 11 is 0. The molecule has 148 valence electrons. The maximum atomic E-state index is 5.33. The lowest BCUT2D eigenvalue weighted by molar-refractivity contribution is 0.414. The van der Waals surface area contributed by atoms with Crippen molar-refractivity contribution < 1.29 is 4.74 Å². The zero-order chi connectivity index (χ0) is 18.6. The van der Waals surface area contributed by atoms with Gasteiger partial charge in [-0.2, -0.15) is 0 Å². The van der Waals surface area contributed by atoms with Crippen molar-refractivity contribution in [2.75, 3.05) is 43.5 Å². The van der Waals surface area contributed by atoms with E-state index in [0.717, 1.165) is 54.2 Å². The smallest absolute Gasteiger partial charge is 0.160 e. The number of halogens is 1. The molecule has 1 fully saturated rings. The van der Waals surface area contributed by atoms with Crippen LogP contribution in [0.1, 0.15) is 18.5 Å². The van der Waals surface area contributed by atoms with Crippen molar-refractivity contribution in [3.63, 3.8) is 0 Å². The summed E-state index contributed by atoms with van der Waals surface area (Å²) in [6.07, 6.45) is 0. The molecule has 2 heterocycles. The molecule has 1 atom stereocenters. The second-order valence-electron chi connectivity index (χ2n) is 6.72. The summed E-state index contributed by atoms with van der Waals surface area (Å²) in [5, 5.41) is 20.2. The van der Waals surface area contributed by atoms with Crippen LogP contribution in [0.15, 0.2) is 42.5 Å². The average molecular weight is 401 g/mol. The maximum absolute atomic E-state index is 5.33. The zero-order valence-electron chi connectivity index (χ0n) is 16.1. The summed E-state index contributed by atoms with van der Waals surface area (Å²) in [6.45, 7) is 6.11. The summed E-state index contributed by atoms with van der Waals surface area (Å²) < 4.78 is 5.33. The Morgan fingerprint density at radius 3 is 2.71 bits per heavy atom. The van der Waals surface area contributed by atoms with Crippen molar-refractivity contribution in [1.29, 1.82) is 0 Å². The van der Waals surface area contributed by atoms with Gasteiger partial charge in [-0.25, -0.2) is 0 Å². The number of nitrogens with one attached hydrogen (secondary N) is 2. The standard InChI is InChI=1S/C20H24N6O.ClH/c1-14(15-4-3-5-17(12-15)27-2)22-20-18-13-16(26-10-8-21-9-11-26)6-7-19(18)23-25-24-20;/h3-7,12-14,21H,8-11H2,1-2H3,(H,22,23,24);1H/t14-;/m1./s1. The number of benzene rings is 2. The van der Waals surface area contributed by atoms with Crippen molar-refractivity contribution in [1.82, 2.24) is 20.7 Å². The Bertz CT molecular complexity index is 931. The average Bonchev–Trinajstić information content (AvgIpc) is 2.74. The van der Waals surface area contributed by atoms with Gasteiger partial charge in [-0.15, -0.1) is 22.6 Å². The number of hydrogen-bond donors (Lipinski definition) is 2. The Morgan fingerprint density at radius 1 is 1.11 bits per heavy atom. The molecule has 2 aromatic carbocycles. The number of aromatic nitrogens is 3. The summed E-state index contributed by atoms with van der Waals surface area (Å²) in [5.74, 6) is 1.58. The summed E-state index contributed by atoms with van der Waals surface area (Å²) in [7, 11) is 1.68. The molecule has 4 rings (SSSR count). The summed E-state index contributed by atoms with van der Waals surface area (Å²) in [6, 6.07) is 14.4. The first kappa shape index (κ1) is 20.1. The van der Waals surface area contributed by atoms with Crippen LogP contribution in [-0.4, -0.2) is 48.7 Å². The van der Waals surface area contributed by atoms with Crippen LogP contribution in [0.5, 0.6) is 5.75 Å². The van der Waals surface area contributed by atoms with Crippen LogP contribution in [0.2, 0.25) is 0 Å². The maximum Gasteiger partial charge on any atom is 0.160 e. The van der Waals surface area contributed by atoms with E-state index >= 15 is 0 Å². The lowest BCUT2D eigenvalue weighted by Crippen LogP contribution is -2.43. The number of rotatable bonds is 5.